The predicted molar refractivity (Wildman–Crippen MR) is 86.9 cm³/mol. The molecule has 0 aliphatic heterocycles. The van der Waals surface area contributed by atoms with Crippen LogP contribution in [0.2, 0.25) is 0 Å². The molecule has 2 aromatic rings. The molecule has 0 saturated heterocycles. The van der Waals surface area contributed by atoms with Crippen molar-refractivity contribution in [2.24, 2.45) is 5.92 Å². The molecule has 1 aromatic heterocycles. The highest BCUT2D eigenvalue weighted by molar-refractivity contribution is 7.99. The Morgan fingerprint density at radius 1 is 1.38 bits per heavy atom. The Morgan fingerprint density at radius 2 is 2.10 bits per heavy atom. The minimum absolute atomic E-state index is 0.0468. The van der Waals surface area contributed by atoms with Gasteiger partial charge in [-0.15, -0.1) is 0 Å². The fourth-order valence-electron chi connectivity index (χ4n) is 2.44. The molecule has 5 heteroatoms. The zero-order valence-corrected chi connectivity index (χ0v) is 13.6. The molecule has 0 spiro atoms. The summed E-state index contributed by atoms with van der Waals surface area (Å²) in [5, 5.41) is 9.71. The maximum atomic E-state index is 10.8. The van der Waals surface area contributed by atoms with Crippen LogP contribution in [0.1, 0.15) is 32.3 Å². The first-order valence-electron chi connectivity index (χ1n) is 7.36. The second kappa shape index (κ2) is 6.98. The van der Waals surface area contributed by atoms with Crippen LogP contribution in [0.4, 0.5) is 0 Å². The Kier molecular flexibility index (Phi) is 5.28. The Balaban J connectivity index is 2.41. The minimum Gasteiger partial charge on any atom is -0.481 e. The van der Waals surface area contributed by atoms with Crippen LogP contribution in [0.25, 0.3) is 11.0 Å². The topological polar surface area (TPSA) is 55.1 Å². The summed E-state index contributed by atoms with van der Waals surface area (Å²) in [5.74, 6) is -0.171. The first-order valence-corrected chi connectivity index (χ1v) is 8.35. The molecule has 4 nitrogen and oxygen atoms in total. The van der Waals surface area contributed by atoms with Crippen LogP contribution < -0.4 is 0 Å². The lowest BCUT2D eigenvalue weighted by Gasteiger charge is -2.15. The van der Waals surface area contributed by atoms with E-state index >= 15 is 0 Å². The monoisotopic (exact) mass is 306 g/mol. The van der Waals surface area contributed by atoms with Gasteiger partial charge in [-0.2, -0.15) is 0 Å². The maximum Gasteiger partial charge on any atom is 0.313 e. The fourth-order valence-corrected chi connectivity index (χ4v) is 3.18. The zero-order valence-electron chi connectivity index (χ0n) is 12.8. The van der Waals surface area contributed by atoms with Crippen LogP contribution >= 0.6 is 11.8 Å². The number of aromatic nitrogens is 2. The van der Waals surface area contributed by atoms with E-state index < -0.39 is 5.97 Å². The van der Waals surface area contributed by atoms with Crippen molar-refractivity contribution >= 4 is 28.8 Å². The molecule has 1 heterocycles. The number of hydrogen-bond acceptors (Lipinski definition) is 3. The number of aryl methyl sites for hydroxylation is 1. The normalized spacial score (nSPS) is 11.4. The molecule has 1 aromatic carbocycles. The van der Waals surface area contributed by atoms with E-state index in [0.29, 0.717) is 5.92 Å². The van der Waals surface area contributed by atoms with Crippen molar-refractivity contribution in [3.63, 3.8) is 0 Å². The molecule has 0 aliphatic rings. The van der Waals surface area contributed by atoms with Gasteiger partial charge >= 0.3 is 5.97 Å². The molecule has 0 bridgehead atoms. The van der Waals surface area contributed by atoms with Crippen LogP contribution in [-0.2, 0) is 11.3 Å². The molecule has 0 radical (unpaired) electrons. The number of nitrogens with zero attached hydrogens (tertiary/aromatic N) is 2. The number of fused-ring (bicyclic) bond motifs is 1. The van der Waals surface area contributed by atoms with Gasteiger partial charge in [0.05, 0.1) is 16.8 Å². The average molecular weight is 306 g/mol. The third-order valence-electron chi connectivity index (χ3n) is 3.79. The number of benzene rings is 1. The van der Waals surface area contributed by atoms with Gasteiger partial charge in [0, 0.05) is 6.54 Å². The van der Waals surface area contributed by atoms with Crippen molar-refractivity contribution in [2.45, 2.75) is 45.3 Å². The van der Waals surface area contributed by atoms with Crippen molar-refractivity contribution < 1.29 is 9.90 Å². The molecule has 0 aliphatic carbocycles. The smallest absolute Gasteiger partial charge is 0.313 e. The summed E-state index contributed by atoms with van der Waals surface area (Å²) in [6, 6.07) is 6.23. The van der Waals surface area contributed by atoms with E-state index in [1.165, 1.54) is 17.3 Å². The Bertz CT molecular complexity index is 632. The summed E-state index contributed by atoms with van der Waals surface area (Å²) in [7, 11) is 0. The molecule has 0 unspecified atom stereocenters. The molecular formula is C16H22N2O2S. The molecular weight excluding hydrogens is 284 g/mol. The lowest BCUT2D eigenvalue weighted by atomic mass is 10.0. The number of thioether (sulfide) groups is 1. The first kappa shape index (κ1) is 15.9. The summed E-state index contributed by atoms with van der Waals surface area (Å²) >= 11 is 1.30. The number of carboxylic acids is 1. The van der Waals surface area contributed by atoms with E-state index in [9.17, 15) is 4.79 Å². The van der Waals surface area contributed by atoms with Gasteiger partial charge in [0.25, 0.3) is 0 Å². The fraction of sp³-hybridized carbons (Fsp3) is 0.500. The zero-order chi connectivity index (χ0) is 15.4. The molecule has 0 amide bonds. The van der Waals surface area contributed by atoms with Crippen molar-refractivity contribution in [3.8, 4) is 0 Å². The van der Waals surface area contributed by atoms with E-state index in [2.05, 4.69) is 41.6 Å². The first-order chi connectivity index (χ1) is 10.0. The highest BCUT2D eigenvalue weighted by Gasteiger charge is 2.15. The predicted octanol–water partition coefficient (Wildman–Crippen LogP) is 3.96. The number of rotatable bonds is 7. The van der Waals surface area contributed by atoms with Crippen LogP contribution in [0, 0.1) is 12.8 Å². The van der Waals surface area contributed by atoms with Gasteiger partial charge < -0.3 is 9.67 Å². The summed E-state index contributed by atoms with van der Waals surface area (Å²) in [6.07, 6.45) is 2.23. The second-order valence-electron chi connectivity index (χ2n) is 5.36. The van der Waals surface area contributed by atoms with E-state index in [4.69, 9.17) is 5.11 Å². The van der Waals surface area contributed by atoms with Gasteiger partial charge in [0.1, 0.15) is 0 Å². The van der Waals surface area contributed by atoms with E-state index in [-0.39, 0.29) is 5.75 Å². The van der Waals surface area contributed by atoms with Crippen molar-refractivity contribution in [1.82, 2.24) is 9.55 Å². The number of hydrogen-bond donors (Lipinski definition) is 1. The van der Waals surface area contributed by atoms with Crippen LogP contribution in [0.3, 0.4) is 0 Å². The number of carbonyl (C=O) groups is 1. The third-order valence-corrected chi connectivity index (χ3v) is 4.75. The number of imidazole rings is 1. The molecule has 0 saturated carbocycles. The molecule has 2 rings (SSSR count). The second-order valence-corrected chi connectivity index (χ2v) is 6.30. The summed E-state index contributed by atoms with van der Waals surface area (Å²) in [5.41, 5.74) is 3.22. The Morgan fingerprint density at radius 3 is 2.71 bits per heavy atom. The van der Waals surface area contributed by atoms with Crippen molar-refractivity contribution in [2.75, 3.05) is 5.75 Å². The van der Waals surface area contributed by atoms with Gasteiger partial charge in [-0.05, 0) is 30.5 Å². The van der Waals surface area contributed by atoms with E-state index in [1.807, 2.05) is 6.92 Å². The quantitative estimate of drug-likeness (QED) is 0.787. The third kappa shape index (κ3) is 3.79. The number of carboxylic acid groups (broad SMARTS) is 1. The Labute approximate surface area is 129 Å². The van der Waals surface area contributed by atoms with E-state index in [1.54, 1.807) is 0 Å². The van der Waals surface area contributed by atoms with Gasteiger partial charge in [-0.3, -0.25) is 4.79 Å². The summed E-state index contributed by atoms with van der Waals surface area (Å²) < 4.78 is 2.18. The van der Waals surface area contributed by atoms with Gasteiger partial charge in [-0.25, -0.2) is 4.98 Å². The van der Waals surface area contributed by atoms with Gasteiger partial charge in [0.15, 0.2) is 5.16 Å². The van der Waals surface area contributed by atoms with Gasteiger partial charge in [-0.1, -0.05) is 44.5 Å². The summed E-state index contributed by atoms with van der Waals surface area (Å²) in [6.45, 7) is 7.33. The molecule has 0 fully saturated rings. The lowest BCUT2D eigenvalue weighted by Crippen LogP contribution is -2.11. The van der Waals surface area contributed by atoms with Gasteiger partial charge in [0.2, 0.25) is 0 Å². The largest absolute Gasteiger partial charge is 0.481 e. The highest BCUT2D eigenvalue weighted by Crippen LogP contribution is 2.27. The van der Waals surface area contributed by atoms with Crippen LogP contribution in [-0.4, -0.2) is 26.4 Å². The highest BCUT2D eigenvalue weighted by atomic mass is 32.2. The molecule has 0 atom stereocenters. The summed E-state index contributed by atoms with van der Waals surface area (Å²) in [4.78, 5) is 15.5. The minimum atomic E-state index is -0.808. The van der Waals surface area contributed by atoms with Crippen molar-refractivity contribution in [1.29, 1.82) is 0 Å². The van der Waals surface area contributed by atoms with E-state index in [0.717, 1.165) is 35.6 Å². The maximum absolute atomic E-state index is 10.8. The van der Waals surface area contributed by atoms with Crippen LogP contribution in [0.15, 0.2) is 23.4 Å². The molecule has 114 valence electrons. The van der Waals surface area contributed by atoms with Crippen molar-refractivity contribution in [3.05, 3.63) is 23.8 Å². The number of aliphatic carboxylic acids is 1. The molecule has 1 N–H and O–H groups in total. The standard InChI is InChI=1S/C16H22N2O2S/c1-4-12(5-2)9-18-14-7-6-11(3)8-13(14)17-16(18)21-10-15(19)20/h6-8,12H,4-5,9-10H2,1-3H3,(H,19,20). The Hall–Kier alpha value is -1.49. The SMILES string of the molecule is CCC(CC)Cn1c(SCC(=O)O)nc2cc(C)ccc21. The van der Waals surface area contributed by atoms with Crippen LogP contribution in [0.5, 0.6) is 0 Å². The lowest BCUT2D eigenvalue weighted by molar-refractivity contribution is -0.133. The average Bonchev–Trinajstić information content (AvgIpc) is 2.79. The molecule has 21 heavy (non-hydrogen) atoms.